The summed E-state index contributed by atoms with van der Waals surface area (Å²) in [4.78, 5) is 2.29. The monoisotopic (exact) mass is 176 g/mol. The van der Waals surface area contributed by atoms with Gasteiger partial charge in [0, 0.05) is 13.1 Å². The molecule has 1 aliphatic heterocycles. The van der Waals surface area contributed by atoms with Gasteiger partial charge in [0.25, 0.3) is 0 Å². The number of hydrogen-bond acceptors (Lipinski definition) is 2. The first-order chi connectivity index (χ1) is 6.07. The zero-order chi connectivity index (χ0) is 9.47. The van der Waals surface area contributed by atoms with Gasteiger partial charge in [-0.2, -0.15) is 0 Å². The highest BCUT2D eigenvalue weighted by Crippen LogP contribution is 2.26. The minimum Gasteiger partial charge on any atom is -0.314 e. The van der Waals surface area contributed by atoms with Crippen LogP contribution < -0.4 is 5.73 Å². The molecule has 70 valence electrons. The highest BCUT2D eigenvalue weighted by molar-refractivity contribution is 5.30. The molecule has 0 saturated carbocycles. The largest absolute Gasteiger partial charge is 0.314 e. The van der Waals surface area contributed by atoms with Gasteiger partial charge in [0.15, 0.2) is 0 Å². The van der Waals surface area contributed by atoms with Crippen LogP contribution in [0.5, 0.6) is 0 Å². The van der Waals surface area contributed by atoms with Gasteiger partial charge in [-0.3, -0.25) is 4.90 Å². The molecular weight excluding hydrogens is 160 g/mol. The molecule has 0 aromatic heterocycles. The molecule has 0 bridgehead atoms. The maximum atomic E-state index is 6.05. The maximum absolute atomic E-state index is 6.05. The fraction of sp³-hybridized carbons (Fsp3) is 0.455. The first-order valence-electron chi connectivity index (χ1n) is 4.68. The summed E-state index contributed by atoms with van der Waals surface area (Å²) in [5.41, 5.74) is 8.67. The molecule has 2 N–H and O–H groups in total. The van der Waals surface area contributed by atoms with Crippen molar-refractivity contribution < 1.29 is 0 Å². The lowest BCUT2D eigenvalue weighted by molar-refractivity contribution is 0.125. The molecule has 2 nitrogen and oxygen atoms in total. The van der Waals surface area contributed by atoms with Crippen LogP contribution in [-0.4, -0.2) is 10.6 Å². The zero-order valence-electron chi connectivity index (χ0n) is 8.25. The second-order valence-corrected chi connectivity index (χ2v) is 4.28. The van der Waals surface area contributed by atoms with Crippen molar-refractivity contribution >= 4 is 0 Å². The van der Waals surface area contributed by atoms with Gasteiger partial charge in [-0.15, -0.1) is 0 Å². The lowest BCUT2D eigenvalue weighted by atomic mass is 10.1. The Morgan fingerprint density at radius 3 is 2.00 bits per heavy atom. The summed E-state index contributed by atoms with van der Waals surface area (Å²) in [6.07, 6.45) is 0. The second kappa shape index (κ2) is 2.82. The van der Waals surface area contributed by atoms with Gasteiger partial charge in [-0.25, -0.2) is 0 Å². The third-order valence-corrected chi connectivity index (χ3v) is 2.66. The Morgan fingerprint density at radius 2 is 1.62 bits per heavy atom. The summed E-state index contributed by atoms with van der Waals surface area (Å²) < 4.78 is 0. The quantitative estimate of drug-likeness (QED) is 0.705. The predicted molar refractivity (Wildman–Crippen MR) is 54.0 cm³/mol. The van der Waals surface area contributed by atoms with E-state index in [4.69, 9.17) is 5.73 Å². The lowest BCUT2D eigenvalue weighted by Crippen LogP contribution is -2.48. The number of benzene rings is 1. The van der Waals surface area contributed by atoms with E-state index in [9.17, 15) is 0 Å². The Bertz CT molecular complexity index is 287. The third-order valence-electron chi connectivity index (χ3n) is 2.66. The van der Waals surface area contributed by atoms with Crippen LogP contribution in [0.25, 0.3) is 0 Å². The lowest BCUT2D eigenvalue weighted by Gasteiger charge is -2.30. The van der Waals surface area contributed by atoms with Crippen molar-refractivity contribution in [3.05, 3.63) is 35.4 Å². The minimum absolute atomic E-state index is 0.209. The predicted octanol–water partition coefficient (Wildman–Crippen LogP) is 1.70. The average Bonchev–Trinajstić information content (AvgIpc) is 2.45. The normalized spacial score (nSPS) is 17.5. The highest BCUT2D eigenvalue weighted by Gasteiger charge is 2.27. The summed E-state index contributed by atoms with van der Waals surface area (Å²) in [6, 6.07) is 8.54. The first-order valence-corrected chi connectivity index (χ1v) is 4.68. The molecule has 1 heterocycles. The van der Waals surface area contributed by atoms with Gasteiger partial charge < -0.3 is 5.73 Å². The summed E-state index contributed by atoms with van der Waals surface area (Å²) in [6.45, 7) is 6.08. The molecule has 0 atom stereocenters. The van der Waals surface area contributed by atoms with Crippen LogP contribution in [0.1, 0.15) is 25.0 Å². The van der Waals surface area contributed by atoms with Crippen molar-refractivity contribution in [1.29, 1.82) is 0 Å². The second-order valence-electron chi connectivity index (χ2n) is 4.28. The van der Waals surface area contributed by atoms with Crippen LogP contribution in [0, 0.1) is 0 Å². The Hall–Kier alpha value is -0.860. The Morgan fingerprint density at radius 1 is 1.15 bits per heavy atom. The molecule has 0 radical (unpaired) electrons. The van der Waals surface area contributed by atoms with E-state index in [1.807, 2.05) is 0 Å². The van der Waals surface area contributed by atoms with E-state index in [-0.39, 0.29) is 5.66 Å². The van der Waals surface area contributed by atoms with Crippen LogP contribution in [0.15, 0.2) is 24.3 Å². The van der Waals surface area contributed by atoms with Crippen molar-refractivity contribution in [2.75, 3.05) is 0 Å². The summed E-state index contributed by atoms with van der Waals surface area (Å²) in [7, 11) is 0. The number of nitrogens with two attached hydrogens (primary N) is 1. The van der Waals surface area contributed by atoms with Gasteiger partial charge in [0.05, 0.1) is 5.66 Å². The molecule has 0 amide bonds. The molecular formula is C11H16N2. The van der Waals surface area contributed by atoms with E-state index < -0.39 is 0 Å². The fourth-order valence-electron chi connectivity index (χ4n) is 1.74. The number of hydrogen-bond donors (Lipinski definition) is 1. The smallest absolute Gasteiger partial charge is 0.0635 e. The topological polar surface area (TPSA) is 29.3 Å². The molecule has 0 spiro atoms. The molecule has 0 unspecified atom stereocenters. The number of nitrogens with zero attached hydrogens (tertiary/aromatic N) is 1. The summed E-state index contributed by atoms with van der Waals surface area (Å²) in [5, 5.41) is 0. The van der Waals surface area contributed by atoms with Crippen molar-refractivity contribution in [1.82, 2.24) is 4.90 Å². The Labute approximate surface area is 79.4 Å². The van der Waals surface area contributed by atoms with Crippen molar-refractivity contribution in [3.63, 3.8) is 0 Å². The Kier molecular flexibility index (Phi) is 1.90. The number of fused-ring (bicyclic) bond motifs is 1. The molecule has 2 heteroatoms. The summed E-state index contributed by atoms with van der Waals surface area (Å²) >= 11 is 0. The van der Waals surface area contributed by atoms with Gasteiger partial charge in [0.1, 0.15) is 0 Å². The highest BCUT2D eigenvalue weighted by atomic mass is 15.3. The first kappa shape index (κ1) is 8.73. The minimum atomic E-state index is -0.209. The van der Waals surface area contributed by atoms with E-state index in [2.05, 4.69) is 43.0 Å². The van der Waals surface area contributed by atoms with E-state index in [1.54, 1.807) is 0 Å². The molecule has 1 aliphatic rings. The third kappa shape index (κ3) is 1.60. The van der Waals surface area contributed by atoms with Gasteiger partial charge in [0.2, 0.25) is 0 Å². The fourth-order valence-corrected chi connectivity index (χ4v) is 1.74. The van der Waals surface area contributed by atoms with E-state index in [0.717, 1.165) is 13.1 Å². The molecule has 0 aliphatic carbocycles. The van der Waals surface area contributed by atoms with Crippen molar-refractivity contribution in [2.45, 2.75) is 32.6 Å². The van der Waals surface area contributed by atoms with Crippen LogP contribution in [0.3, 0.4) is 0 Å². The van der Waals surface area contributed by atoms with Crippen LogP contribution in [-0.2, 0) is 13.1 Å². The molecule has 1 aromatic carbocycles. The van der Waals surface area contributed by atoms with Gasteiger partial charge >= 0.3 is 0 Å². The van der Waals surface area contributed by atoms with Crippen molar-refractivity contribution in [3.8, 4) is 0 Å². The molecule has 2 rings (SSSR count). The maximum Gasteiger partial charge on any atom is 0.0635 e. The summed E-state index contributed by atoms with van der Waals surface area (Å²) in [5.74, 6) is 0. The van der Waals surface area contributed by atoms with E-state index >= 15 is 0 Å². The van der Waals surface area contributed by atoms with Crippen LogP contribution in [0.2, 0.25) is 0 Å². The Balaban J connectivity index is 2.23. The van der Waals surface area contributed by atoms with Gasteiger partial charge in [-0.05, 0) is 25.0 Å². The zero-order valence-corrected chi connectivity index (χ0v) is 8.25. The molecule has 0 fully saturated rings. The van der Waals surface area contributed by atoms with Crippen LogP contribution in [0.4, 0.5) is 0 Å². The van der Waals surface area contributed by atoms with E-state index in [1.165, 1.54) is 11.1 Å². The molecule has 13 heavy (non-hydrogen) atoms. The molecule has 0 saturated heterocycles. The van der Waals surface area contributed by atoms with Crippen LogP contribution >= 0.6 is 0 Å². The average molecular weight is 176 g/mol. The van der Waals surface area contributed by atoms with E-state index in [0.29, 0.717) is 0 Å². The molecule has 1 aromatic rings. The van der Waals surface area contributed by atoms with Gasteiger partial charge in [-0.1, -0.05) is 24.3 Å². The number of rotatable bonds is 1. The standard InChI is InChI=1S/C11H16N2/c1-11(2,12)13-7-9-5-3-4-6-10(9)8-13/h3-6H,7-8,12H2,1-2H3. The van der Waals surface area contributed by atoms with Crippen molar-refractivity contribution in [2.24, 2.45) is 5.73 Å². The SMILES string of the molecule is CC(C)(N)N1Cc2ccccc2C1.